The first-order valence-corrected chi connectivity index (χ1v) is 7.95. The van der Waals surface area contributed by atoms with Gasteiger partial charge in [-0.3, -0.25) is 9.78 Å². The molecule has 4 nitrogen and oxygen atoms in total. The number of nitrogens with zero attached hydrogens (tertiary/aromatic N) is 2. The van der Waals surface area contributed by atoms with Crippen LogP contribution in [0.15, 0.2) is 42.7 Å². The Morgan fingerprint density at radius 1 is 1.43 bits per heavy atom. The number of ether oxygens (including phenoxy) is 1. The minimum absolute atomic E-state index is 0.0504. The van der Waals surface area contributed by atoms with Crippen molar-refractivity contribution in [2.45, 2.75) is 18.9 Å². The quantitative estimate of drug-likeness (QED) is 0.842. The molecule has 23 heavy (non-hydrogen) atoms. The number of carbonyl (C=O) groups is 1. The summed E-state index contributed by atoms with van der Waals surface area (Å²) in [5.74, 6) is 1.24. The van der Waals surface area contributed by atoms with E-state index in [9.17, 15) is 4.79 Å². The van der Waals surface area contributed by atoms with Crippen molar-refractivity contribution in [1.29, 1.82) is 0 Å². The third-order valence-corrected chi connectivity index (χ3v) is 4.48. The number of hydrogen-bond acceptors (Lipinski definition) is 3. The lowest BCUT2D eigenvalue weighted by molar-refractivity contribution is -0.131. The summed E-state index contributed by atoms with van der Waals surface area (Å²) in [6.45, 7) is 0.485. The zero-order valence-corrected chi connectivity index (χ0v) is 14.0. The average molecular weight is 331 g/mol. The largest absolute Gasteiger partial charge is 0.496 e. The summed E-state index contributed by atoms with van der Waals surface area (Å²) in [6.07, 6.45) is 4.49. The molecule has 1 amide bonds. The molecule has 1 fully saturated rings. The van der Waals surface area contributed by atoms with Gasteiger partial charge < -0.3 is 9.64 Å². The maximum atomic E-state index is 12.6. The summed E-state index contributed by atoms with van der Waals surface area (Å²) < 4.78 is 5.34. The van der Waals surface area contributed by atoms with E-state index in [0.29, 0.717) is 17.5 Å². The van der Waals surface area contributed by atoms with Gasteiger partial charge in [-0.2, -0.15) is 0 Å². The minimum Gasteiger partial charge on any atom is -0.496 e. The van der Waals surface area contributed by atoms with Crippen molar-refractivity contribution in [3.63, 3.8) is 0 Å². The predicted octanol–water partition coefficient (Wildman–Crippen LogP) is 3.51. The summed E-state index contributed by atoms with van der Waals surface area (Å²) in [5.41, 5.74) is 2.05. The van der Waals surface area contributed by atoms with Gasteiger partial charge in [0.1, 0.15) is 5.75 Å². The molecule has 1 aromatic carbocycles. The Hall–Kier alpha value is -2.07. The van der Waals surface area contributed by atoms with Crippen molar-refractivity contribution in [2.24, 2.45) is 5.92 Å². The highest BCUT2D eigenvalue weighted by Gasteiger charge is 2.45. The van der Waals surface area contributed by atoms with Crippen LogP contribution in [-0.4, -0.2) is 29.9 Å². The molecule has 0 N–H and O–H groups in total. The van der Waals surface area contributed by atoms with Crippen molar-refractivity contribution in [3.05, 3.63) is 58.9 Å². The molecule has 0 unspecified atom stereocenters. The van der Waals surface area contributed by atoms with Gasteiger partial charge in [-0.05, 0) is 42.2 Å². The lowest BCUT2D eigenvalue weighted by atomic mass is 10.1. The second kappa shape index (κ2) is 6.59. The Morgan fingerprint density at radius 3 is 2.96 bits per heavy atom. The third-order valence-electron chi connectivity index (χ3n) is 4.25. The van der Waals surface area contributed by atoms with Crippen molar-refractivity contribution in [2.75, 3.05) is 14.2 Å². The van der Waals surface area contributed by atoms with Crippen LogP contribution in [0, 0.1) is 5.92 Å². The first-order chi connectivity index (χ1) is 11.1. The molecule has 0 spiro atoms. The van der Waals surface area contributed by atoms with Crippen LogP contribution < -0.4 is 4.74 Å². The van der Waals surface area contributed by atoms with E-state index >= 15 is 0 Å². The van der Waals surface area contributed by atoms with Crippen molar-refractivity contribution >= 4 is 17.5 Å². The van der Waals surface area contributed by atoms with Crippen LogP contribution in [0.1, 0.15) is 23.5 Å². The fourth-order valence-electron chi connectivity index (χ4n) is 2.92. The lowest BCUT2D eigenvalue weighted by Crippen LogP contribution is -2.28. The smallest absolute Gasteiger partial charge is 0.226 e. The van der Waals surface area contributed by atoms with Gasteiger partial charge in [0.2, 0.25) is 5.91 Å². The number of halogens is 1. The molecular formula is C18H19ClN2O2. The zero-order valence-electron chi connectivity index (χ0n) is 13.2. The molecule has 0 radical (unpaired) electrons. The van der Waals surface area contributed by atoms with E-state index in [1.54, 1.807) is 24.3 Å². The van der Waals surface area contributed by atoms with Crippen molar-refractivity contribution in [3.8, 4) is 5.75 Å². The predicted molar refractivity (Wildman–Crippen MR) is 89.6 cm³/mol. The van der Waals surface area contributed by atoms with Crippen LogP contribution in [0.25, 0.3) is 0 Å². The Labute approximate surface area is 141 Å². The van der Waals surface area contributed by atoms with E-state index < -0.39 is 0 Å². The number of pyridine rings is 1. The van der Waals surface area contributed by atoms with E-state index in [1.807, 2.05) is 37.5 Å². The third kappa shape index (κ3) is 3.48. The van der Waals surface area contributed by atoms with Gasteiger partial charge in [-0.25, -0.2) is 0 Å². The second-order valence-corrected chi connectivity index (χ2v) is 6.32. The summed E-state index contributed by atoms with van der Waals surface area (Å²) in [6, 6.07) is 9.40. The normalized spacial score (nSPS) is 19.3. The van der Waals surface area contributed by atoms with E-state index in [0.717, 1.165) is 23.3 Å². The molecule has 1 aliphatic rings. The van der Waals surface area contributed by atoms with Gasteiger partial charge in [-0.1, -0.05) is 17.7 Å². The highest BCUT2D eigenvalue weighted by Crippen LogP contribution is 2.48. The molecule has 2 atom stereocenters. The van der Waals surface area contributed by atoms with Gasteiger partial charge in [0.25, 0.3) is 0 Å². The van der Waals surface area contributed by atoms with E-state index in [-0.39, 0.29) is 11.8 Å². The molecule has 1 heterocycles. The van der Waals surface area contributed by atoms with Gasteiger partial charge >= 0.3 is 0 Å². The van der Waals surface area contributed by atoms with Crippen molar-refractivity contribution < 1.29 is 9.53 Å². The lowest BCUT2D eigenvalue weighted by Gasteiger charge is -2.19. The van der Waals surface area contributed by atoms with E-state index in [4.69, 9.17) is 16.3 Å². The number of methoxy groups -OCH3 is 1. The molecule has 0 saturated heterocycles. The van der Waals surface area contributed by atoms with Crippen LogP contribution in [-0.2, 0) is 11.3 Å². The summed E-state index contributed by atoms with van der Waals surface area (Å²) >= 11 is 6.05. The Kier molecular flexibility index (Phi) is 4.53. The molecule has 5 heteroatoms. The summed E-state index contributed by atoms with van der Waals surface area (Å²) in [5, 5.41) is 0.640. The SMILES string of the molecule is COc1ccc(Cl)cc1CN(C)C(=O)[C@H]1C[C@H]1c1cccnc1. The number of carbonyl (C=O) groups excluding carboxylic acids is 1. The fourth-order valence-corrected chi connectivity index (χ4v) is 3.11. The van der Waals surface area contributed by atoms with Crippen LogP contribution in [0.3, 0.4) is 0 Å². The molecule has 0 aliphatic heterocycles. The van der Waals surface area contributed by atoms with Crippen LogP contribution in [0.5, 0.6) is 5.75 Å². The molecule has 2 aromatic rings. The Balaban J connectivity index is 1.66. The van der Waals surface area contributed by atoms with Gasteiger partial charge in [0.15, 0.2) is 0 Å². The number of hydrogen-bond donors (Lipinski definition) is 0. The Bertz CT molecular complexity index is 705. The van der Waals surface area contributed by atoms with Crippen LogP contribution in [0.4, 0.5) is 0 Å². The first kappa shape index (κ1) is 15.8. The number of benzene rings is 1. The number of rotatable bonds is 5. The maximum Gasteiger partial charge on any atom is 0.226 e. The van der Waals surface area contributed by atoms with Gasteiger partial charge in [0, 0.05) is 42.5 Å². The molecule has 3 rings (SSSR count). The summed E-state index contributed by atoms with van der Waals surface area (Å²) in [4.78, 5) is 18.5. The molecular weight excluding hydrogens is 312 g/mol. The van der Waals surface area contributed by atoms with Gasteiger partial charge in [0.05, 0.1) is 7.11 Å². The molecule has 0 bridgehead atoms. The van der Waals surface area contributed by atoms with E-state index in [1.165, 1.54) is 0 Å². The standard InChI is InChI=1S/C18H19ClN2O2/c1-21(11-13-8-14(19)5-6-17(13)23-2)18(22)16-9-15(16)12-4-3-7-20-10-12/h3-8,10,15-16H,9,11H2,1-2H3/t15-,16-/m0/s1. The topological polar surface area (TPSA) is 42.4 Å². The maximum absolute atomic E-state index is 12.6. The van der Waals surface area contributed by atoms with Crippen LogP contribution >= 0.6 is 11.6 Å². The zero-order chi connectivity index (χ0) is 16.4. The van der Waals surface area contributed by atoms with Crippen molar-refractivity contribution in [1.82, 2.24) is 9.88 Å². The Morgan fingerprint density at radius 2 is 2.26 bits per heavy atom. The van der Waals surface area contributed by atoms with Crippen LogP contribution in [0.2, 0.25) is 5.02 Å². The molecule has 120 valence electrons. The highest BCUT2D eigenvalue weighted by molar-refractivity contribution is 6.30. The average Bonchev–Trinajstić information content (AvgIpc) is 3.36. The minimum atomic E-state index is 0.0504. The summed E-state index contributed by atoms with van der Waals surface area (Å²) in [7, 11) is 3.44. The van der Waals surface area contributed by atoms with E-state index in [2.05, 4.69) is 4.98 Å². The molecule has 1 saturated carbocycles. The van der Waals surface area contributed by atoms with Gasteiger partial charge in [-0.15, -0.1) is 0 Å². The molecule has 1 aliphatic carbocycles. The second-order valence-electron chi connectivity index (χ2n) is 5.89. The highest BCUT2D eigenvalue weighted by atomic mass is 35.5. The number of aromatic nitrogens is 1. The fraction of sp³-hybridized carbons (Fsp3) is 0.333. The molecule has 1 aromatic heterocycles. The number of amides is 1. The first-order valence-electron chi connectivity index (χ1n) is 7.57. The monoisotopic (exact) mass is 330 g/mol.